The Hall–Kier alpha value is -4.45. The summed E-state index contributed by atoms with van der Waals surface area (Å²) in [6.07, 6.45) is 0. The molecule has 41 heavy (non-hydrogen) atoms. The van der Waals surface area contributed by atoms with Crippen molar-refractivity contribution in [2.75, 3.05) is 21.3 Å². The van der Waals surface area contributed by atoms with Gasteiger partial charge in [-0.25, -0.2) is 0 Å². The number of hydrogen-bond donors (Lipinski definition) is 1. The van der Waals surface area contributed by atoms with Gasteiger partial charge in [0.25, 0.3) is 0 Å². The molecule has 4 rings (SSSR count). The summed E-state index contributed by atoms with van der Waals surface area (Å²) in [5.74, 6) is 1.48. The second-order valence-electron chi connectivity index (χ2n) is 10.2. The van der Waals surface area contributed by atoms with Crippen LogP contribution < -0.4 is 19.5 Å². The number of rotatable bonds is 11. The summed E-state index contributed by atoms with van der Waals surface area (Å²) in [5, 5.41) is 17.6. The van der Waals surface area contributed by atoms with Crippen molar-refractivity contribution in [3.05, 3.63) is 70.4 Å². The molecule has 216 valence electrons. The maximum absolute atomic E-state index is 13.9. The van der Waals surface area contributed by atoms with Crippen LogP contribution >= 0.6 is 11.3 Å². The standard InChI is InChI=1S/C29H34N6O5S/c1-29(2,3)30-28(37)26(24-8-7-15-41-24)34(17-19-9-12-21(38-4)13-10-19)25(36)18-35-32-27(31-33-35)20-11-14-22(39-5)23(16-20)40-6/h7-16,26H,17-18H2,1-6H3,(H,30,37)/t26-/m1/s1. The number of thiophene rings is 1. The molecule has 2 aromatic carbocycles. The van der Waals surface area contributed by atoms with Crippen LogP contribution in [-0.2, 0) is 22.7 Å². The van der Waals surface area contributed by atoms with E-state index < -0.39 is 11.6 Å². The van der Waals surface area contributed by atoms with Gasteiger partial charge in [0.05, 0.1) is 21.3 Å². The van der Waals surface area contributed by atoms with Gasteiger partial charge in [-0.2, -0.15) is 4.80 Å². The van der Waals surface area contributed by atoms with Gasteiger partial charge < -0.3 is 24.4 Å². The molecule has 0 saturated carbocycles. The number of aromatic nitrogens is 4. The number of nitrogens with one attached hydrogen (secondary N) is 1. The van der Waals surface area contributed by atoms with E-state index in [9.17, 15) is 9.59 Å². The second kappa shape index (κ2) is 12.8. The van der Waals surface area contributed by atoms with Crippen LogP contribution in [-0.4, -0.2) is 63.8 Å². The van der Waals surface area contributed by atoms with Crippen LogP contribution in [0, 0.1) is 0 Å². The first kappa shape index (κ1) is 29.5. The molecule has 0 aliphatic carbocycles. The largest absolute Gasteiger partial charge is 0.497 e. The molecule has 0 saturated heterocycles. The summed E-state index contributed by atoms with van der Waals surface area (Å²) in [4.78, 5) is 31.1. The van der Waals surface area contributed by atoms with E-state index in [1.54, 1.807) is 44.4 Å². The third-order valence-corrected chi connectivity index (χ3v) is 7.00. The molecule has 2 amide bonds. The molecule has 0 fully saturated rings. The van der Waals surface area contributed by atoms with Gasteiger partial charge in [-0.15, -0.1) is 21.5 Å². The summed E-state index contributed by atoms with van der Waals surface area (Å²) >= 11 is 1.41. The molecule has 4 aromatic rings. The average Bonchev–Trinajstić information content (AvgIpc) is 3.64. The Balaban J connectivity index is 1.66. The van der Waals surface area contributed by atoms with E-state index in [0.29, 0.717) is 28.6 Å². The van der Waals surface area contributed by atoms with Gasteiger partial charge in [0, 0.05) is 22.5 Å². The molecular formula is C29H34N6O5S. The van der Waals surface area contributed by atoms with Gasteiger partial charge in [0.1, 0.15) is 18.3 Å². The van der Waals surface area contributed by atoms with Crippen LogP contribution in [0.3, 0.4) is 0 Å². The zero-order valence-electron chi connectivity index (χ0n) is 24.0. The lowest BCUT2D eigenvalue weighted by Gasteiger charge is -2.33. The summed E-state index contributed by atoms with van der Waals surface area (Å²) < 4.78 is 16.0. The Morgan fingerprint density at radius 1 is 1.00 bits per heavy atom. The zero-order valence-corrected chi connectivity index (χ0v) is 24.8. The molecular weight excluding hydrogens is 544 g/mol. The fourth-order valence-electron chi connectivity index (χ4n) is 4.17. The molecule has 0 spiro atoms. The highest BCUT2D eigenvalue weighted by molar-refractivity contribution is 7.10. The minimum absolute atomic E-state index is 0.181. The van der Waals surface area contributed by atoms with E-state index in [1.807, 2.05) is 62.5 Å². The Morgan fingerprint density at radius 3 is 2.34 bits per heavy atom. The Morgan fingerprint density at radius 2 is 1.73 bits per heavy atom. The van der Waals surface area contributed by atoms with Gasteiger partial charge >= 0.3 is 0 Å². The highest BCUT2D eigenvalue weighted by Gasteiger charge is 2.34. The predicted octanol–water partition coefficient (Wildman–Crippen LogP) is 4.11. The lowest BCUT2D eigenvalue weighted by molar-refractivity contribution is -0.143. The number of benzene rings is 2. The molecule has 12 heteroatoms. The number of carbonyl (C=O) groups is 2. The maximum Gasteiger partial charge on any atom is 0.248 e. The minimum Gasteiger partial charge on any atom is -0.497 e. The van der Waals surface area contributed by atoms with Gasteiger partial charge in [-0.1, -0.05) is 18.2 Å². The first-order chi connectivity index (χ1) is 19.6. The van der Waals surface area contributed by atoms with Crippen LogP contribution in [0.2, 0.25) is 0 Å². The van der Waals surface area contributed by atoms with Crippen molar-refractivity contribution in [1.82, 2.24) is 30.4 Å². The van der Waals surface area contributed by atoms with Crippen molar-refractivity contribution in [2.24, 2.45) is 0 Å². The second-order valence-corrected chi connectivity index (χ2v) is 11.2. The molecule has 1 N–H and O–H groups in total. The lowest BCUT2D eigenvalue weighted by atomic mass is 10.1. The van der Waals surface area contributed by atoms with Crippen molar-refractivity contribution in [1.29, 1.82) is 0 Å². The van der Waals surface area contributed by atoms with E-state index >= 15 is 0 Å². The maximum atomic E-state index is 13.9. The average molecular weight is 579 g/mol. The van der Waals surface area contributed by atoms with Crippen LogP contribution in [0.25, 0.3) is 11.4 Å². The van der Waals surface area contributed by atoms with Crippen LogP contribution in [0.4, 0.5) is 0 Å². The number of carbonyl (C=O) groups excluding carboxylic acids is 2. The number of tetrazole rings is 1. The van der Waals surface area contributed by atoms with Crippen LogP contribution in [0.15, 0.2) is 60.0 Å². The minimum atomic E-state index is -0.863. The highest BCUT2D eigenvalue weighted by Crippen LogP contribution is 2.31. The lowest BCUT2D eigenvalue weighted by Crippen LogP contribution is -2.49. The number of methoxy groups -OCH3 is 3. The van der Waals surface area contributed by atoms with E-state index in [-0.39, 0.29) is 24.9 Å². The molecule has 11 nitrogen and oxygen atoms in total. The fraction of sp³-hybridized carbons (Fsp3) is 0.345. The monoisotopic (exact) mass is 578 g/mol. The van der Waals surface area contributed by atoms with Crippen LogP contribution in [0.1, 0.15) is 37.3 Å². The molecule has 1 atom stereocenters. The van der Waals surface area contributed by atoms with Crippen molar-refractivity contribution < 1.29 is 23.8 Å². The van der Waals surface area contributed by atoms with Crippen molar-refractivity contribution in [3.8, 4) is 28.6 Å². The van der Waals surface area contributed by atoms with Crippen molar-refractivity contribution in [3.63, 3.8) is 0 Å². The normalized spacial score (nSPS) is 12.0. The molecule has 0 radical (unpaired) electrons. The topological polar surface area (TPSA) is 121 Å². The Labute approximate surface area is 243 Å². The van der Waals surface area contributed by atoms with Gasteiger partial charge in [-0.3, -0.25) is 9.59 Å². The fourth-order valence-corrected chi connectivity index (χ4v) is 5.01. The van der Waals surface area contributed by atoms with Crippen molar-refractivity contribution >= 4 is 23.2 Å². The van der Waals surface area contributed by atoms with Crippen molar-refractivity contribution in [2.45, 2.75) is 45.4 Å². The number of hydrogen-bond acceptors (Lipinski definition) is 9. The Kier molecular flexibility index (Phi) is 9.23. The summed E-state index contributed by atoms with van der Waals surface area (Å²) in [6, 6.07) is 15.5. The Bertz CT molecular complexity index is 1460. The summed E-state index contributed by atoms with van der Waals surface area (Å²) in [5.41, 5.74) is 0.989. The van der Waals surface area contributed by atoms with Gasteiger partial charge in [-0.05, 0) is 73.3 Å². The number of amides is 2. The quantitative estimate of drug-likeness (QED) is 0.282. The SMILES string of the molecule is COc1ccc(CN(C(=O)Cn2nnc(-c3ccc(OC)c(OC)c3)n2)[C@@H](C(=O)NC(C)(C)C)c2cccs2)cc1. The third kappa shape index (κ3) is 7.40. The van der Waals surface area contributed by atoms with Gasteiger partial charge in [0.2, 0.25) is 17.6 Å². The molecule has 2 heterocycles. The first-order valence-electron chi connectivity index (χ1n) is 12.9. The van der Waals surface area contributed by atoms with Crippen LogP contribution in [0.5, 0.6) is 17.2 Å². The smallest absolute Gasteiger partial charge is 0.248 e. The summed E-state index contributed by atoms with van der Waals surface area (Å²) in [7, 11) is 4.69. The zero-order chi connectivity index (χ0) is 29.6. The molecule has 0 unspecified atom stereocenters. The van der Waals surface area contributed by atoms with E-state index in [1.165, 1.54) is 16.1 Å². The summed E-state index contributed by atoms with van der Waals surface area (Å²) in [6.45, 7) is 5.67. The number of nitrogens with zero attached hydrogens (tertiary/aromatic N) is 5. The van der Waals surface area contributed by atoms with E-state index in [2.05, 4.69) is 20.7 Å². The predicted molar refractivity (Wildman–Crippen MR) is 155 cm³/mol. The molecule has 2 aromatic heterocycles. The molecule has 0 aliphatic rings. The highest BCUT2D eigenvalue weighted by atomic mass is 32.1. The number of ether oxygens (including phenoxy) is 3. The molecule has 0 aliphatic heterocycles. The van der Waals surface area contributed by atoms with E-state index in [0.717, 1.165) is 10.4 Å². The first-order valence-corrected chi connectivity index (χ1v) is 13.8. The van der Waals surface area contributed by atoms with E-state index in [4.69, 9.17) is 14.2 Å². The van der Waals surface area contributed by atoms with Gasteiger partial charge in [0.15, 0.2) is 11.5 Å². The third-order valence-electron chi connectivity index (χ3n) is 6.07. The molecule has 0 bridgehead atoms.